The third-order valence-electron chi connectivity index (χ3n) is 2.04. The molecular formula is C7H10BrN3O. The number of hydrogen-bond acceptors (Lipinski definition) is 3. The van der Waals surface area contributed by atoms with Gasteiger partial charge in [0.15, 0.2) is 0 Å². The fourth-order valence-electron chi connectivity index (χ4n) is 1.36. The predicted molar refractivity (Wildman–Crippen MR) is 48.8 cm³/mol. The van der Waals surface area contributed by atoms with Gasteiger partial charge in [-0.2, -0.15) is 5.10 Å². The molecular weight excluding hydrogens is 222 g/mol. The average molecular weight is 232 g/mol. The molecule has 1 atom stereocenters. The number of nitrogens with two attached hydrogens (primary N) is 1. The number of nitrogens with zero attached hydrogens (tertiary/aromatic N) is 2. The molecule has 0 aliphatic carbocycles. The summed E-state index contributed by atoms with van der Waals surface area (Å²) in [4.78, 5) is 0. The Balaban J connectivity index is 2.26. The van der Waals surface area contributed by atoms with E-state index in [-0.39, 0.29) is 0 Å². The van der Waals surface area contributed by atoms with Crippen LogP contribution in [0.5, 0.6) is 0 Å². The lowest BCUT2D eigenvalue weighted by atomic mass is 10.3. The second kappa shape index (κ2) is 3.06. The summed E-state index contributed by atoms with van der Waals surface area (Å²) < 4.78 is 7.92. The first-order chi connectivity index (χ1) is 5.79. The van der Waals surface area contributed by atoms with E-state index >= 15 is 0 Å². The Bertz CT molecular complexity index is 280. The van der Waals surface area contributed by atoms with Crippen LogP contribution in [0.15, 0.2) is 10.7 Å². The van der Waals surface area contributed by atoms with Crippen LogP contribution < -0.4 is 5.73 Å². The topological polar surface area (TPSA) is 53.1 Å². The number of ether oxygens (including phenoxy) is 1. The molecule has 2 N–H and O–H groups in total. The van der Waals surface area contributed by atoms with Crippen LogP contribution in [-0.4, -0.2) is 23.0 Å². The van der Waals surface area contributed by atoms with Crippen molar-refractivity contribution in [1.29, 1.82) is 0 Å². The van der Waals surface area contributed by atoms with Gasteiger partial charge in [-0.1, -0.05) is 0 Å². The van der Waals surface area contributed by atoms with E-state index < -0.39 is 0 Å². The van der Waals surface area contributed by atoms with Crippen molar-refractivity contribution in [2.75, 3.05) is 18.9 Å². The highest BCUT2D eigenvalue weighted by atomic mass is 79.9. The molecule has 5 heteroatoms. The van der Waals surface area contributed by atoms with Gasteiger partial charge in [0.1, 0.15) is 5.82 Å². The van der Waals surface area contributed by atoms with Crippen molar-refractivity contribution in [3.63, 3.8) is 0 Å². The highest BCUT2D eigenvalue weighted by molar-refractivity contribution is 9.10. The van der Waals surface area contributed by atoms with Crippen LogP contribution >= 0.6 is 15.9 Å². The molecule has 0 aromatic carbocycles. The van der Waals surface area contributed by atoms with Crippen LogP contribution in [0.25, 0.3) is 0 Å². The predicted octanol–water partition coefficient (Wildman–Crippen LogP) is 1.19. The number of aromatic nitrogens is 2. The minimum Gasteiger partial charge on any atom is -0.383 e. The van der Waals surface area contributed by atoms with Crippen LogP contribution in [0.3, 0.4) is 0 Å². The molecule has 1 aliphatic heterocycles. The average Bonchev–Trinajstić information content (AvgIpc) is 2.64. The summed E-state index contributed by atoms with van der Waals surface area (Å²) >= 11 is 3.31. The van der Waals surface area contributed by atoms with Gasteiger partial charge < -0.3 is 10.5 Å². The molecule has 2 rings (SSSR count). The van der Waals surface area contributed by atoms with E-state index in [1.807, 2.05) is 4.68 Å². The van der Waals surface area contributed by atoms with Gasteiger partial charge in [0.25, 0.3) is 0 Å². The van der Waals surface area contributed by atoms with Gasteiger partial charge in [-0.15, -0.1) is 0 Å². The highest BCUT2D eigenvalue weighted by Crippen LogP contribution is 2.25. The molecule has 1 saturated heterocycles. The van der Waals surface area contributed by atoms with E-state index in [1.54, 1.807) is 6.20 Å². The number of hydrogen-bond donors (Lipinski definition) is 1. The number of nitrogen functional groups attached to an aromatic ring is 1. The van der Waals surface area contributed by atoms with E-state index in [1.165, 1.54) is 0 Å². The van der Waals surface area contributed by atoms with Crippen LogP contribution in [-0.2, 0) is 4.74 Å². The Morgan fingerprint density at radius 2 is 2.58 bits per heavy atom. The molecule has 1 aliphatic rings. The van der Waals surface area contributed by atoms with Crippen LogP contribution in [0, 0.1) is 0 Å². The van der Waals surface area contributed by atoms with E-state index in [0.29, 0.717) is 11.9 Å². The van der Waals surface area contributed by atoms with Crippen LogP contribution in [0.4, 0.5) is 5.82 Å². The Morgan fingerprint density at radius 1 is 1.75 bits per heavy atom. The molecule has 0 bridgehead atoms. The van der Waals surface area contributed by atoms with E-state index in [4.69, 9.17) is 10.5 Å². The maximum Gasteiger partial charge on any atom is 0.136 e. The molecule has 1 unspecified atom stereocenters. The first-order valence-corrected chi connectivity index (χ1v) is 4.64. The molecule has 1 aromatic heterocycles. The Kier molecular flexibility index (Phi) is 2.06. The molecule has 0 spiro atoms. The third-order valence-corrected chi connectivity index (χ3v) is 2.65. The lowest BCUT2D eigenvalue weighted by Gasteiger charge is -2.09. The molecule has 12 heavy (non-hydrogen) atoms. The Labute approximate surface area is 78.8 Å². The summed E-state index contributed by atoms with van der Waals surface area (Å²) in [6.45, 7) is 1.53. The minimum atomic E-state index is 0.316. The summed E-state index contributed by atoms with van der Waals surface area (Å²) in [6, 6.07) is 0.316. The zero-order chi connectivity index (χ0) is 8.55. The molecule has 66 valence electrons. The zero-order valence-corrected chi connectivity index (χ0v) is 8.12. The lowest BCUT2D eigenvalue weighted by Crippen LogP contribution is -2.12. The second-order valence-corrected chi connectivity index (χ2v) is 3.69. The molecule has 1 aromatic rings. The Morgan fingerprint density at radius 3 is 3.08 bits per heavy atom. The summed E-state index contributed by atoms with van der Waals surface area (Å²) in [5, 5.41) is 4.16. The molecule has 4 nitrogen and oxygen atoms in total. The molecule has 2 heterocycles. The van der Waals surface area contributed by atoms with Crippen molar-refractivity contribution in [2.45, 2.75) is 12.5 Å². The fraction of sp³-hybridized carbons (Fsp3) is 0.571. The molecule has 0 radical (unpaired) electrons. The lowest BCUT2D eigenvalue weighted by molar-refractivity contribution is 0.185. The quantitative estimate of drug-likeness (QED) is 0.791. The van der Waals surface area contributed by atoms with Gasteiger partial charge in [-0.3, -0.25) is 0 Å². The van der Waals surface area contributed by atoms with Gasteiger partial charge in [-0.25, -0.2) is 4.68 Å². The number of halogens is 1. The van der Waals surface area contributed by atoms with Crippen molar-refractivity contribution in [3.8, 4) is 0 Å². The van der Waals surface area contributed by atoms with Gasteiger partial charge in [0.2, 0.25) is 0 Å². The summed E-state index contributed by atoms with van der Waals surface area (Å²) in [5.74, 6) is 0.686. The van der Waals surface area contributed by atoms with Gasteiger partial charge >= 0.3 is 0 Å². The van der Waals surface area contributed by atoms with Gasteiger partial charge in [0.05, 0.1) is 23.3 Å². The third kappa shape index (κ3) is 1.23. The van der Waals surface area contributed by atoms with Crippen molar-refractivity contribution < 1.29 is 4.74 Å². The van der Waals surface area contributed by atoms with E-state index in [0.717, 1.165) is 24.1 Å². The summed E-state index contributed by atoms with van der Waals surface area (Å²) in [6.07, 6.45) is 2.71. The second-order valence-electron chi connectivity index (χ2n) is 2.84. The van der Waals surface area contributed by atoms with E-state index in [2.05, 4.69) is 21.0 Å². The standard InChI is InChI=1S/C7H10BrN3O/c8-6-3-10-11(7(6)9)5-1-2-12-4-5/h3,5H,1-2,4,9H2. The van der Waals surface area contributed by atoms with Crippen molar-refractivity contribution in [1.82, 2.24) is 9.78 Å². The molecule has 0 saturated carbocycles. The summed E-state index contributed by atoms with van der Waals surface area (Å²) in [7, 11) is 0. The first kappa shape index (κ1) is 8.07. The largest absolute Gasteiger partial charge is 0.383 e. The summed E-state index contributed by atoms with van der Waals surface area (Å²) in [5.41, 5.74) is 5.78. The zero-order valence-electron chi connectivity index (χ0n) is 6.53. The molecule has 0 amide bonds. The normalized spacial score (nSPS) is 23.2. The van der Waals surface area contributed by atoms with Crippen molar-refractivity contribution >= 4 is 21.7 Å². The van der Waals surface area contributed by atoms with Crippen molar-refractivity contribution in [2.24, 2.45) is 0 Å². The van der Waals surface area contributed by atoms with E-state index in [9.17, 15) is 0 Å². The number of anilines is 1. The highest BCUT2D eigenvalue weighted by Gasteiger charge is 2.20. The Hall–Kier alpha value is -0.550. The smallest absolute Gasteiger partial charge is 0.136 e. The molecule has 1 fully saturated rings. The van der Waals surface area contributed by atoms with Crippen molar-refractivity contribution in [3.05, 3.63) is 10.7 Å². The number of rotatable bonds is 1. The monoisotopic (exact) mass is 231 g/mol. The van der Waals surface area contributed by atoms with Gasteiger partial charge in [-0.05, 0) is 22.4 Å². The maximum absolute atomic E-state index is 5.78. The maximum atomic E-state index is 5.78. The van der Waals surface area contributed by atoms with Crippen LogP contribution in [0.2, 0.25) is 0 Å². The fourth-order valence-corrected chi connectivity index (χ4v) is 1.63. The first-order valence-electron chi connectivity index (χ1n) is 3.85. The SMILES string of the molecule is Nc1c(Br)cnn1C1CCOC1. The van der Waals surface area contributed by atoms with Crippen LogP contribution in [0.1, 0.15) is 12.5 Å². The van der Waals surface area contributed by atoms with Gasteiger partial charge in [0, 0.05) is 6.61 Å². The minimum absolute atomic E-state index is 0.316.